The minimum atomic E-state index is -0.491. The molecular weight excluding hydrogens is 304 g/mol. The van der Waals surface area contributed by atoms with Crippen LogP contribution in [0.4, 0.5) is 0 Å². The Labute approximate surface area is 130 Å². The fraction of sp³-hybridized carbons (Fsp3) is 0.0625. The second kappa shape index (κ2) is 5.61. The number of carbonyl (C=O) groups is 1. The van der Waals surface area contributed by atoms with Crippen molar-refractivity contribution in [3.05, 3.63) is 63.5 Å². The highest BCUT2D eigenvalue weighted by atomic mass is 35.5. The standard InChI is InChI=1S/C16H11ClN2O3/c1-22-11-7-5-10(6-8-11)19-14-4-2-3-12(17)15(14)18-13(9-20)16(19)21/h2-9H,1H3. The van der Waals surface area contributed by atoms with Crippen LogP contribution in [0.15, 0.2) is 47.3 Å². The van der Waals surface area contributed by atoms with Crippen molar-refractivity contribution in [2.75, 3.05) is 7.11 Å². The van der Waals surface area contributed by atoms with Gasteiger partial charge in [-0.25, -0.2) is 4.98 Å². The summed E-state index contributed by atoms with van der Waals surface area (Å²) in [6.07, 6.45) is 0.436. The Kier molecular flexibility index (Phi) is 3.65. The number of halogens is 1. The van der Waals surface area contributed by atoms with Crippen molar-refractivity contribution in [1.29, 1.82) is 0 Å². The number of benzene rings is 2. The van der Waals surface area contributed by atoms with E-state index in [1.54, 1.807) is 49.6 Å². The number of ether oxygens (including phenoxy) is 1. The maximum absolute atomic E-state index is 12.5. The highest BCUT2D eigenvalue weighted by molar-refractivity contribution is 6.34. The normalized spacial score (nSPS) is 10.6. The maximum Gasteiger partial charge on any atom is 0.284 e. The number of nitrogens with zero attached hydrogens (tertiary/aromatic N) is 2. The molecule has 3 rings (SSSR count). The van der Waals surface area contributed by atoms with E-state index in [0.29, 0.717) is 33.8 Å². The van der Waals surface area contributed by atoms with E-state index >= 15 is 0 Å². The van der Waals surface area contributed by atoms with Crippen LogP contribution < -0.4 is 10.3 Å². The summed E-state index contributed by atoms with van der Waals surface area (Å²) >= 11 is 6.13. The van der Waals surface area contributed by atoms with Crippen LogP contribution in [-0.2, 0) is 0 Å². The molecule has 0 fully saturated rings. The van der Waals surface area contributed by atoms with Crippen LogP contribution in [0.1, 0.15) is 10.5 Å². The molecule has 0 atom stereocenters. The lowest BCUT2D eigenvalue weighted by atomic mass is 10.2. The molecule has 3 aromatic rings. The fourth-order valence-electron chi connectivity index (χ4n) is 2.25. The highest BCUT2D eigenvalue weighted by Gasteiger charge is 2.13. The third-order valence-electron chi connectivity index (χ3n) is 3.30. The molecule has 0 amide bonds. The summed E-state index contributed by atoms with van der Waals surface area (Å²) in [5, 5.41) is 0.378. The lowest BCUT2D eigenvalue weighted by molar-refractivity contribution is 0.111. The summed E-state index contributed by atoms with van der Waals surface area (Å²) in [5.41, 5.74) is 0.866. The van der Waals surface area contributed by atoms with Gasteiger partial charge in [0, 0.05) is 5.69 Å². The first-order valence-corrected chi connectivity index (χ1v) is 6.84. The van der Waals surface area contributed by atoms with Gasteiger partial charge in [0.1, 0.15) is 11.3 Å². The second-order valence-electron chi connectivity index (χ2n) is 4.56. The smallest absolute Gasteiger partial charge is 0.284 e. The zero-order valence-corrected chi connectivity index (χ0v) is 12.4. The van der Waals surface area contributed by atoms with E-state index in [2.05, 4.69) is 4.98 Å². The second-order valence-corrected chi connectivity index (χ2v) is 4.97. The van der Waals surface area contributed by atoms with E-state index in [1.165, 1.54) is 4.57 Å². The van der Waals surface area contributed by atoms with Gasteiger partial charge in [-0.1, -0.05) is 17.7 Å². The lowest BCUT2D eigenvalue weighted by Crippen LogP contribution is -2.24. The number of methoxy groups -OCH3 is 1. The molecule has 1 heterocycles. The van der Waals surface area contributed by atoms with E-state index in [1.807, 2.05) is 0 Å². The van der Waals surface area contributed by atoms with Crippen molar-refractivity contribution >= 4 is 28.9 Å². The zero-order chi connectivity index (χ0) is 15.7. The molecule has 1 aromatic heterocycles. The van der Waals surface area contributed by atoms with Crippen LogP contribution in [-0.4, -0.2) is 22.9 Å². The summed E-state index contributed by atoms with van der Waals surface area (Å²) < 4.78 is 6.52. The van der Waals surface area contributed by atoms with Crippen molar-refractivity contribution in [2.45, 2.75) is 0 Å². The van der Waals surface area contributed by atoms with Gasteiger partial charge in [-0.2, -0.15) is 0 Å². The molecule has 0 radical (unpaired) electrons. The number of fused-ring (bicyclic) bond motifs is 1. The Morgan fingerprint density at radius 1 is 1.18 bits per heavy atom. The van der Waals surface area contributed by atoms with Gasteiger partial charge in [-0.05, 0) is 36.4 Å². The third-order valence-corrected chi connectivity index (χ3v) is 3.61. The van der Waals surface area contributed by atoms with E-state index in [-0.39, 0.29) is 5.69 Å². The number of carbonyl (C=O) groups excluding carboxylic acids is 1. The lowest BCUT2D eigenvalue weighted by Gasteiger charge is -2.12. The monoisotopic (exact) mass is 314 g/mol. The zero-order valence-electron chi connectivity index (χ0n) is 11.6. The molecule has 5 nitrogen and oxygen atoms in total. The maximum atomic E-state index is 12.5. The molecule has 0 saturated carbocycles. The van der Waals surface area contributed by atoms with E-state index < -0.39 is 5.56 Å². The first kappa shape index (κ1) is 14.3. The van der Waals surface area contributed by atoms with Crippen LogP contribution >= 0.6 is 11.6 Å². The van der Waals surface area contributed by atoms with E-state index in [4.69, 9.17) is 16.3 Å². The van der Waals surface area contributed by atoms with Crippen LogP contribution in [0.3, 0.4) is 0 Å². The number of aromatic nitrogens is 2. The van der Waals surface area contributed by atoms with Gasteiger partial charge in [0.25, 0.3) is 5.56 Å². The topological polar surface area (TPSA) is 61.2 Å². The summed E-state index contributed by atoms with van der Waals surface area (Å²) in [7, 11) is 1.56. The van der Waals surface area contributed by atoms with Crippen molar-refractivity contribution in [2.24, 2.45) is 0 Å². The molecule has 0 spiro atoms. The van der Waals surface area contributed by atoms with Gasteiger partial charge in [-0.3, -0.25) is 14.2 Å². The summed E-state index contributed by atoms with van der Waals surface area (Å²) in [5.74, 6) is 0.670. The van der Waals surface area contributed by atoms with Crippen LogP contribution in [0.5, 0.6) is 5.75 Å². The molecule has 0 unspecified atom stereocenters. The first-order chi connectivity index (χ1) is 10.7. The predicted octanol–water partition coefficient (Wildman–Crippen LogP) is 2.86. The molecule has 110 valence electrons. The average Bonchev–Trinajstić information content (AvgIpc) is 2.55. The van der Waals surface area contributed by atoms with Gasteiger partial charge >= 0.3 is 0 Å². The molecular formula is C16H11ClN2O3. The van der Waals surface area contributed by atoms with Crippen molar-refractivity contribution in [3.63, 3.8) is 0 Å². The van der Waals surface area contributed by atoms with Crippen LogP contribution in [0, 0.1) is 0 Å². The van der Waals surface area contributed by atoms with Crippen molar-refractivity contribution in [1.82, 2.24) is 9.55 Å². The fourth-order valence-corrected chi connectivity index (χ4v) is 2.46. The molecule has 0 N–H and O–H groups in total. The highest BCUT2D eigenvalue weighted by Crippen LogP contribution is 2.23. The van der Waals surface area contributed by atoms with Gasteiger partial charge in [-0.15, -0.1) is 0 Å². The van der Waals surface area contributed by atoms with Gasteiger partial charge in [0.15, 0.2) is 12.0 Å². The van der Waals surface area contributed by atoms with Crippen LogP contribution in [0.2, 0.25) is 5.02 Å². The summed E-state index contributed by atoms with van der Waals surface area (Å²) in [6.45, 7) is 0. The number of para-hydroxylation sites is 1. The largest absolute Gasteiger partial charge is 0.497 e. The third kappa shape index (κ3) is 2.25. The molecule has 0 aliphatic heterocycles. The van der Waals surface area contributed by atoms with Gasteiger partial charge < -0.3 is 4.74 Å². The quantitative estimate of drug-likeness (QED) is 0.697. The van der Waals surface area contributed by atoms with Crippen molar-refractivity contribution in [3.8, 4) is 11.4 Å². The summed E-state index contributed by atoms with van der Waals surface area (Å²) in [4.78, 5) is 27.7. The number of hydrogen-bond acceptors (Lipinski definition) is 4. The Balaban J connectivity index is 2.40. The Hall–Kier alpha value is -2.66. The molecule has 0 bridgehead atoms. The molecule has 6 heteroatoms. The number of aldehydes is 1. The van der Waals surface area contributed by atoms with Crippen LogP contribution in [0.25, 0.3) is 16.7 Å². The first-order valence-electron chi connectivity index (χ1n) is 6.46. The molecule has 22 heavy (non-hydrogen) atoms. The Bertz CT molecular complexity index is 917. The molecule has 0 aliphatic carbocycles. The van der Waals surface area contributed by atoms with Crippen molar-refractivity contribution < 1.29 is 9.53 Å². The molecule has 0 aliphatic rings. The number of rotatable bonds is 3. The minimum absolute atomic E-state index is 0.184. The summed E-state index contributed by atoms with van der Waals surface area (Å²) in [6, 6.07) is 12.1. The average molecular weight is 315 g/mol. The van der Waals surface area contributed by atoms with E-state index in [9.17, 15) is 9.59 Å². The number of hydrogen-bond donors (Lipinski definition) is 0. The molecule has 0 saturated heterocycles. The SMILES string of the molecule is COc1ccc(-n2c(=O)c(C=O)nc3c(Cl)cccc32)cc1. The minimum Gasteiger partial charge on any atom is -0.497 e. The Morgan fingerprint density at radius 3 is 2.55 bits per heavy atom. The molecule has 2 aromatic carbocycles. The van der Waals surface area contributed by atoms with Gasteiger partial charge in [0.05, 0.1) is 17.6 Å². The van der Waals surface area contributed by atoms with Gasteiger partial charge in [0.2, 0.25) is 0 Å². The van der Waals surface area contributed by atoms with E-state index in [0.717, 1.165) is 0 Å². The Morgan fingerprint density at radius 2 is 1.91 bits per heavy atom. The predicted molar refractivity (Wildman–Crippen MR) is 84.3 cm³/mol.